The maximum Gasteiger partial charge on any atom is 0.0527 e. The van der Waals surface area contributed by atoms with Gasteiger partial charge in [-0.2, -0.15) is 0 Å². The molecule has 0 aliphatic carbocycles. The molecule has 10 heavy (non-hydrogen) atoms. The molecule has 0 fully saturated rings. The zero-order valence-electron chi connectivity index (χ0n) is 4.79. The van der Waals surface area contributed by atoms with Crippen LogP contribution < -0.4 is 0 Å². The third-order valence-electron chi connectivity index (χ3n) is 1.32. The van der Waals surface area contributed by atoms with Gasteiger partial charge in [-0.25, -0.2) is 0 Å². The van der Waals surface area contributed by atoms with E-state index in [0.29, 0.717) is 0 Å². The molecule has 1 heterocycles. The van der Waals surface area contributed by atoms with Crippen LogP contribution in [0, 0.1) is 5.38 Å². The first kappa shape index (κ1) is 8.28. The number of benzene rings is 1. The van der Waals surface area contributed by atoms with Crippen LogP contribution >= 0.6 is 11.3 Å². The number of rotatable bonds is 0. The predicted octanol–water partition coefficient (Wildman–Crippen LogP) is 2.05. The Kier molecular flexibility index (Phi) is 2.93. The molecule has 0 spiro atoms. The minimum absolute atomic E-state index is 0. The molecule has 0 saturated heterocycles. The second kappa shape index (κ2) is 3.54. The first-order valence-electron chi connectivity index (χ1n) is 2.81. The van der Waals surface area contributed by atoms with Crippen LogP contribution in [0.25, 0.3) is 10.8 Å². The summed E-state index contributed by atoms with van der Waals surface area (Å²) >= 11 is 1.63. The molecular weight excluding hydrogens is 151 g/mol. The van der Waals surface area contributed by atoms with Crippen LogP contribution in [0.3, 0.4) is 0 Å². The fourth-order valence-corrected chi connectivity index (χ4v) is 1.55. The number of hydrogen-bond acceptors (Lipinski definition) is 1. The van der Waals surface area contributed by atoms with E-state index >= 15 is 0 Å². The smallest absolute Gasteiger partial charge is 0.0527 e. The summed E-state index contributed by atoms with van der Waals surface area (Å²) in [6, 6.07) is 8.25. The van der Waals surface area contributed by atoms with Crippen molar-refractivity contribution in [3.63, 3.8) is 0 Å². The van der Waals surface area contributed by atoms with Gasteiger partial charge in [0, 0.05) is 5.39 Å². The largest absolute Gasteiger partial charge is 0.142 e. The maximum atomic E-state index is 3.16. The van der Waals surface area contributed by atoms with E-state index in [9.17, 15) is 0 Å². The van der Waals surface area contributed by atoms with E-state index in [4.69, 9.17) is 0 Å². The Morgan fingerprint density at radius 2 is 2.00 bits per heavy atom. The van der Waals surface area contributed by atoms with Crippen molar-refractivity contribution in [2.75, 3.05) is 0 Å². The van der Waals surface area contributed by atoms with E-state index in [1.54, 1.807) is 11.3 Å². The monoisotopic (exact) mass is 157 g/mol. The van der Waals surface area contributed by atoms with Gasteiger partial charge in [0.2, 0.25) is 0 Å². The van der Waals surface area contributed by atoms with Crippen molar-refractivity contribution in [2.45, 2.75) is 0 Å². The summed E-state index contributed by atoms with van der Waals surface area (Å²) in [5.41, 5.74) is 0. The number of fused-ring (bicyclic) bond motifs is 1. The summed E-state index contributed by atoms with van der Waals surface area (Å²) in [7, 11) is 0. The molecule has 0 N–H and O–H groups in total. The Morgan fingerprint density at radius 1 is 1.20 bits per heavy atom. The molecule has 0 saturated carbocycles. The maximum absolute atomic E-state index is 3.16. The van der Waals surface area contributed by atoms with Crippen molar-refractivity contribution >= 4 is 51.7 Å². The molecule has 0 atom stereocenters. The van der Waals surface area contributed by atoms with Gasteiger partial charge in [0.1, 0.15) is 0 Å². The summed E-state index contributed by atoms with van der Waals surface area (Å²) in [4.78, 5) is 0. The number of thiophene rings is 1. The van der Waals surface area contributed by atoms with E-state index in [-0.39, 0.29) is 29.6 Å². The van der Waals surface area contributed by atoms with Crippen LogP contribution in [-0.2, 0) is 0 Å². The molecule has 0 aliphatic heterocycles. The van der Waals surface area contributed by atoms with Gasteiger partial charge in [-0.15, -0.1) is 11.3 Å². The molecule has 0 aliphatic rings. The molecule has 1 aromatic heterocycles. The molecule has 2 rings (SSSR count). The van der Waals surface area contributed by atoms with Crippen LogP contribution in [0.2, 0.25) is 0 Å². The summed E-state index contributed by atoms with van der Waals surface area (Å²) in [6.45, 7) is 0. The molecule has 0 bridgehead atoms. The van der Waals surface area contributed by atoms with E-state index in [1.807, 2.05) is 12.1 Å². The van der Waals surface area contributed by atoms with Crippen LogP contribution in [0.15, 0.2) is 29.6 Å². The molecule has 2 aromatic rings. The first-order valence-corrected chi connectivity index (χ1v) is 3.69. The molecule has 0 amide bonds. The van der Waals surface area contributed by atoms with Crippen LogP contribution in [-0.4, -0.2) is 29.6 Å². The predicted molar refractivity (Wildman–Crippen MR) is 47.8 cm³/mol. The Balaban J connectivity index is 0.000000500. The van der Waals surface area contributed by atoms with E-state index in [0.717, 1.165) is 0 Å². The van der Waals surface area contributed by atoms with Crippen molar-refractivity contribution in [1.82, 2.24) is 0 Å². The molecular formula is C8H6NaS. The van der Waals surface area contributed by atoms with Gasteiger partial charge < -0.3 is 0 Å². The molecule has 2 heteroatoms. The summed E-state index contributed by atoms with van der Waals surface area (Å²) < 4.78 is 0. The number of hydrogen-bond donors (Lipinski definition) is 0. The SMILES string of the molecule is [NaH].[c]1scc2ccccc12. The average Bonchev–Trinajstić information content (AvgIpc) is 2.33. The second-order valence-corrected chi connectivity index (χ2v) is 2.60. The zero-order valence-corrected chi connectivity index (χ0v) is 5.61. The van der Waals surface area contributed by atoms with Gasteiger partial charge in [0.15, 0.2) is 0 Å². The topological polar surface area (TPSA) is 0 Å². The molecule has 1 aromatic carbocycles. The van der Waals surface area contributed by atoms with Gasteiger partial charge in [-0.1, -0.05) is 24.3 Å². The standard InChI is InChI=1S/C8H5S.Na.H/c1-2-4-8-6-9-5-7(8)3-1;;/h1-5H;;. The minimum atomic E-state index is 0. The van der Waals surface area contributed by atoms with Crippen molar-refractivity contribution in [3.8, 4) is 0 Å². The van der Waals surface area contributed by atoms with Gasteiger partial charge in [-0.05, 0) is 10.8 Å². The average molecular weight is 157 g/mol. The summed E-state index contributed by atoms with van der Waals surface area (Å²) in [5, 5.41) is 7.79. The van der Waals surface area contributed by atoms with Crippen molar-refractivity contribution in [3.05, 3.63) is 35.0 Å². The second-order valence-electron chi connectivity index (χ2n) is 1.93. The Bertz CT molecular complexity index is 283. The first-order chi connectivity index (χ1) is 4.47. The summed E-state index contributed by atoms with van der Waals surface area (Å²) in [5.74, 6) is 0. The van der Waals surface area contributed by atoms with E-state index in [1.165, 1.54) is 10.8 Å². The van der Waals surface area contributed by atoms with Crippen LogP contribution in [0.5, 0.6) is 0 Å². The molecule has 45 valence electrons. The van der Waals surface area contributed by atoms with Gasteiger partial charge in [0.25, 0.3) is 0 Å². The van der Waals surface area contributed by atoms with Crippen molar-refractivity contribution in [1.29, 1.82) is 0 Å². The summed E-state index contributed by atoms with van der Waals surface area (Å²) in [6.07, 6.45) is 0. The quantitative estimate of drug-likeness (QED) is 0.513. The normalized spacial score (nSPS) is 9.20. The Hall–Kier alpha value is 0.180. The Labute approximate surface area is 86.2 Å². The fraction of sp³-hybridized carbons (Fsp3) is 0. The van der Waals surface area contributed by atoms with Crippen LogP contribution in [0.4, 0.5) is 0 Å². The van der Waals surface area contributed by atoms with Crippen LogP contribution in [0.1, 0.15) is 0 Å². The molecule has 0 unspecified atom stereocenters. The third kappa shape index (κ3) is 1.43. The molecule has 0 nitrogen and oxygen atoms in total. The minimum Gasteiger partial charge on any atom is -0.142 e. The van der Waals surface area contributed by atoms with E-state index in [2.05, 4.69) is 22.9 Å². The fourth-order valence-electron chi connectivity index (χ4n) is 0.849. The van der Waals surface area contributed by atoms with Gasteiger partial charge >= 0.3 is 29.6 Å². The van der Waals surface area contributed by atoms with Gasteiger partial charge in [0.05, 0.1) is 5.38 Å². The third-order valence-corrected chi connectivity index (χ3v) is 2.03. The van der Waals surface area contributed by atoms with E-state index < -0.39 is 0 Å². The zero-order chi connectivity index (χ0) is 6.10. The van der Waals surface area contributed by atoms with Crippen molar-refractivity contribution in [2.24, 2.45) is 0 Å². The molecule has 1 radical (unpaired) electrons. The van der Waals surface area contributed by atoms with Gasteiger partial charge in [-0.3, -0.25) is 0 Å². The Morgan fingerprint density at radius 3 is 2.80 bits per heavy atom. The van der Waals surface area contributed by atoms with Crippen molar-refractivity contribution < 1.29 is 0 Å².